The maximum Gasteiger partial charge on any atom is 0.242 e. The van der Waals surface area contributed by atoms with Crippen LogP contribution in [0.5, 0.6) is 5.75 Å². The number of hydrogen-bond acceptors (Lipinski definition) is 3. The first-order chi connectivity index (χ1) is 9.70. The molecule has 0 spiro atoms. The minimum atomic E-state index is -0.499. The van der Waals surface area contributed by atoms with Crippen molar-refractivity contribution >= 4 is 17.1 Å². The van der Waals surface area contributed by atoms with Gasteiger partial charge in [0.1, 0.15) is 5.75 Å². The summed E-state index contributed by atoms with van der Waals surface area (Å²) >= 11 is 0. The molecule has 1 atom stereocenters. The van der Waals surface area contributed by atoms with Gasteiger partial charge < -0.3 is 9.64 Å². The Bertz CT molecular complexity index is 560. The van der Waals surface area contributed by atoms with E-state index in [0.29, 0.717) is 6.42 Å². The summed E-state index contributed by atoms with van der Waals surface area (Å²) in [5.41, 5.74) is 0. The summed E-state index contributed by atoms with van der Waals surface area (Å²) < 4.78 is 5.82. The first-order valence-electron chi connectivity index (χ1n) is 6.87. The van der Waals surface area contributed by atoms with Crippen molar-refractivity contribution in [3.05, 3.63) is 42.5 Å². The van der Waals surface area contributed by atoms with Gasteiger partial charge in [0, 0.05) is 5.39 Å². The molecule has 3 nitrogen and oxygen atoms in total. The summed E-state index contributed by atoms with van der Waals surface area (Å²) in [6.07, 6.45) is 3.10. The smallest absolute Gasteiger partial charge is 0.242 e. The number of rotatable bonds is 7. The highest BCUT2D eigenvalue weighted by atomic mass is 16.5. The Morgan fingerprint density at radius 3 is 2.65 bits per heavy atom. The maximum atomic E-state index is 11.1. The van der Waals surface area contributed by atoms with Crippen LogP contribution in [0.1, 0.15) is 12.8 Å². The zero-order valence-corrected chi connectivity index (χ0v) is 12.0. The maximum absolute atomic E-state index is 11.1. The van der Waals surface area contributed by atoms with Crippen LogP contribution in [0.4, 0.5) is 0 Å². The Morgan fingerprint density at radius 1 is 1.15 bits per heavy atom. The minimum absolute atomic E-state index is 0.499. The average Bonchev–Trinajstić information content (AvgIpc) is 2.46. The van der Waals surface area contributed by atoms with Crippen LogP contribution in [0.3, 0.4) is 0 Å². The lowest BCUT2D eigenvalue weighted by Gasteiger charge is -2.16. The summed E-state index contributed by atoms with van der Waals surface area (Å²) in [5.74, 6) is 0.751. The normalized spacial score (nSPS) is 12.6. The van der Waals surface area contributed by atoms with E-state index in [1.807, 2.05) is 62.8 Å². The van der Waals surface area contributed by atoms with Crippen LogP contribution in [0, 0.1) is 0 Å². The molecule has 2 aromatic carbocycles. The summed E-state index contributed by atoms with van der Waals surface area (Å²) in [7, 11) is 4.04. The van der Waals surface area contributed by atoms with E-state index in [9.17, 15) is 4.79 Å². The molecule has 0 aliphatic carbocycles. The Hall–Kier alpha value is -1.87. The third-order valence-corrected chi connectivity index (χ3v) is 3.22. The van der Waals surface area contributed by atoms with E-state index < -0.39 is 6.10 Å². The van der Waals surface area contributed by atoms with Crippen LogP contribution in [-0.4, -0.2) is 37.9 Å². The molecule has 0 amide bonds. The van der Waals surface area contributed by atoms with Gasteiger partial charge in [-0.15, -0.1) is 0 Å². The molecular formula is C17H20NO2. The minimum Gasteiger partial charge on any atom is -0.481 e. The Balaban J connectivity index is 2.07. The third-order valence-electron chi connectivity index (χ3n) is 3.22. The van der Waals surface area contributed by atoms with Crippen LogP contribution in [0.2, 0.25) is 0 Å². The largest absolute Gasteiger partial charge is 0.481 e. The molecule has 0 bridgehead atoms. The highest BCUT2D eigenvalue weighted by molar-refractivity contribution is 5.88. The monoisotopic (exact) mass is 270 g/mol. The second-order valence-electron chi connectivity index (χ2n) is 5.15. The molecule has 3 heteroatoms. The van der Waals surface area contributed by atoms with Gasteiger partial charge in [-0.05, 0) is 44.9 Å². The number of nitrogens with zero attached hydrogens (tertiary/aromatic N) is 1. The second-order valence-corrected chi connectivity index (χ2v) is 5.15. The first kappa shape index (κ1) is 14.5. The van der Waals surface area contributed by atoms with E-state index in [-0.39, 0.29) is 0 Å². The molecule has 0 aliphatic heterocycles. The summed E-state index contributed by atoms with van der Waals surface area (Å²) in [6.45, 7) is 0.942. The van der Waals surface area contributed by atoms with E-state index in [1.54, 1.807) is 0 Å². The topological polar surface area (TPSA) is 29.5 Å². The quantitative estimate of drug-likeness (QED) is 0.774. The Labute approximate surface area is 120 Å². The van der Waals surface area contributed by atoms with Crippen molar-refractivity contribution in [2.45, 2.75) is 18.9 Å². The molecule has 20 heavy (non-hydrogen) atoms. The Morgan fingerprint density at radius 2 is 1.90 bits per heavy atom. The number of hydrogen-bond donors (Lipinski definition) is 0. The van der Waals surface area contributed by atoms with Crippen LogP contribution in [0.15, 0.2) is 42.5 Å². The standard InChI is InChI=1S/C17H20NO2/c1-18(2)12-6-9-15(13-19)20-17-11-5-8-14-7-3-4-10-16(14)17/h3-5,7-8,10-11,15H,6,9,12H2,1-2H3. The van der Waals surface area contributed by atoms with E-state index in [4.69, 9.17) is 4.74 Å². The van der Waals surface area contributed by atoms with Gasteiger partial charge in [0.05, 0.1) is 0 Å². The molecule has 1 radical (unpaired) electrons. The summed E-state index contributed by atoms with van der Waals surface area (Å²) in [6, 6.07) is 13.9. The highest BCUT2D eigenvalue weighted by Gasteiger charge is 2.12. The van der Waals surface area contributed by atoms with Crippen molar-refractivity contribution in [1.29, 1.82) is 0 Å². The fourth-order valence-electron chi connectivity index (χ4n) is 2.19. The number of benzene rings is 2. The highest BCUT2D eigenvalue weighted by Crippen LogP contribution is 2.26. The molecule has 2 rings (SSSR count). The van der Waals surface area contributed by atoms with E-state index in [0.717, 1.165) is 29.5 Å². The average molecular weight is 270 g/mol. The molecule has 0 aromatic heterocycles. The van der Waals surface area contributed by atoms with Crippen LogP contribution in [0.25, 0.3) is 10.8 Å². The molecule has 0 aliphatic rings. The van der Waals surface area contributed by atoms with Crippen molar-refractivity contribution in [2.75, 3.05) is 20.6 Å². The summed E-state index contributed by atoms with van der Waals surface area (Å²) in [5, 5.41) is 2.14. The lowest BCUT2D eigenvalue weighted by atomic mass is 10.1. The summed E-state index contributed by atoms with van der Waals surface area (Å²) in [4.78, 5) is 13.2. The van der Waals surface area contributed by atoms with Gasteiger partial charge in [-0.3, -0.25) is 4.79 Å². The van der Waals surface area contributed by atoms with Crippen molar-refractivity contribution in [2.24, 2.45) is 0 Å². The molecule has 0 fully saturated rings. The molecule has 1 unspecified atom stereocenters. The van der Waals surface area contributed by atoms with Gasteiger partial charge in [-0.25, -0.2) is 0 Å². The number of carbonyl (C=O) groups excluding carboxylic acids is 1. The zero-order chi connectivity index (χ0) is 14.4. The van der Waals surface area contributed by atoms with Gasteiger partial charge in [-0.2, -0.15) is 0 Å². The third kappa shape index (κ3) is 3.81. The Kier molecular flexibility index (Phi) is 5.13. The second kappa shape index (κ2) is 7.06. The fourth-order valence-corrected chi connectivity index (χ4v) is 2.19. The van der Waals surface area contributed by atoms with E-state index in [1.165, 1.54) is 0 Å². The molecule has 0 N–H and O–H groups in total. The molecule has 2 aromatic rings. The predicted molar refractivity (Wildman–Crippen MR) is 81.8 cm³/mol. The van der Waals surface area contributed by atoms with E-state index in [2.05, 4.69) is 4.90 Å². The van der Waals surface area contributed by atoms with Gasteiger partial charge in [0.2, 0.25) is 6.29 Å². The molecule has 0 saturated heterocycles. The molecule has 0 saturated carbocycles. The molecule has 0 heterocycles. The number of fused-ring (bicyclic) bond motifs is 1. The number of ether oxygens (including phenoxy) is 1. The zero-order valence-electron chi connectivity index (χ0n) is 12.0. The van der Waals surface area contributed by atoms with Gasteiger partial charge in [0.15, 0.2) is 6.10 Å². The van der Waals surface area contributed by atoms with E-state index >= 15 is 0 Å². The van der Waals surface area contributed by atoms with Crippen molar-refractivity contribution in [3.63, 3.8) is 0 Å². The van der Waals surface area contributed by atoms with Gasteiger partial charge in [0.25, 0.3) is 0 Å². The lowest BCUT2D eigenvalue weighted by molar-refractivity contribution is 0.240. The van der Waals surface area contributed by atoms with Crippen molar-refractivity contribution in [3.8, 4) is 5.75 Å². The lowest BCUT2D eigenvalue weighted by Crippen LogP contribution is -2.21. The first-order valence-corrected chi connectivity index (χ1v) is 6.87. The SMILES string of the molecule is CN(C)CCCC([C]=O)Oc1cccc2ccccc12. The van der Waals surface area contributed by atoms with Gasteiger partial charge in [-0.1, -0.05) is 36.4 Å². The van der Waals surface area contributed by atoms with Crippen LogP contribution in [-0.2, 0) is 4.79 Å². The molecular weight excluding hydrogens is 250 g/mol. The van der Waals surface area contributed by atoms with Crippen molar-refractivity contribution < 1.29 is 9.53 Å². The predicted octanol–water partition coefficient (Wildman–Crippen LogP) is 3.04. The fraction of sp³-hybridized carbons (Fsp3) is 0.353. The van der Waals surface area contributed by atoms with Crippen LogP contribution >= 0.6 is 0 Å². The van der Waals surface area contributed by atoms with Crippen molar-refractivity contribution in [1.82, 2.24) is 4.90 Å². The van der Waals surface area contributed by atoms with Gasteiger partial charge >= 0.3 is 0 Å². The molecule has 105 valence electrons. The van der Waals surface area contributed by atoms with Crippen LogP contribution < -0.4 is 4.74 Å².